The van der Waals surface area contributed by atoms with Gasteiger partial charge in [-0.25, -0.2) is 13.8 Å². The molecule has 4 N–H and O–H groups in total. The molecule has 0 amide bonds. The Labute approximate surface area is 108 Å². The van der Waals surface area contributed by atoms with Crippen LogP contribution < -0.4 is 11.6 Å². The van der Waals surface area contributed by atoms with Crippen LogP contribution in [-0.4, -0.2) is 18.1 Å². The third kappa shape index (κ3) is 5.93. The molecule has 104 valence electrons. The quantitative estimate of drug-likeness (QED) is 0.556. The van der Waals surface area contributed by atoms with E-state index in [2.05, 4.69) is 0 Å². The van der Waals surface area contributed by atoms with Crippen LogP contribution in [0.25, 0.3) is 0 Å². The average molecular weight is 259 g/mol. The summed E-state index contributed by atoms with van der Waals surface area (Å²) in [5, 5.41) is 1.86. The Morgan fingerprint density at radius 1 is 1.06 bits per heavy atom. The number of hydrogen-bond donors (Lipinski definition) is 2. The molecule has 1 saturated heterocycles. The van der Waals surface area contributed by atoms with Crippen molar-refractivity contribution in [1.29, 1.82) is 0 Å². The van der Waals surface area contributed by atoms with Crippen LogP contribution in [0.1, 0.15) is 32.3 Å². The minimum absolute atomic E-state index is 0.411. The van der Waals surface area contributed by atoms with Crippen molar-refractivity contribution in [2.75, 3.05) is 18.8 Å². The van der Waals surface area contributed by atoms with Gasteiger partial charge in [0.15, 0.2) is 0 Å². The van der Waals surface area contributed by atoms with Crippen LogP contribution in [0.4, 0.5) is 14.5 Å². The van der Waals surface area contributed by atoms with Crippen LogP contribution in [0, 0.1) is 18.6 Å². The number of aryl methyl sites for hydroxylation is 1. The van der Waals surface area contributed by atoms with E-state index in [4.69, 9.17) is 11.6 Å². The van der Waals surface area contributed by atoms with Gasteiger partial charge >= 0.3 is 0 Å². The zero-order valence-electron chi connectivity index (χ0n) is 11.3. The van der Waals surface area contributed by atoms with E-state index in [0.29, 0.717) is 5.56 Å². The van der Waals surface area contributed by atoms with E-state index in [1.807, 2.05) is 18.9 Å². The van der Waals surface area contributed by atoms with E-state index in [1.165, 1.54) is 25.0 Å². The van der Waals surface area contributed by atoms with Crippen LogP contribution in [-0.2, 0) is 0 Å². The molecular weight excluding hydrogens is 236 g/mol. The number of rotatable bonds is 0. The van der Waals surface area contributed by atoms with Gasteiger partial charge in [0, 0.05) is 13.1 Å². The van der Waals surface area contributed by atoms with E-state index in [9.17, 15) is 8.78 Å². The molecule has 0 saturated carbocycles. The van der Waals surface area contributed by atoms with Crippen molar-refractivity contribution in [3.05, 3.63) is 29.3 Å². The minimum Gasteiger partial charge on any atom is -0.394 e. The highest BCUT2D eigenvalue weighted by Crippen LogP contribution is 2.15. The average Bonchev–Trinajstić information content (AvgIpc) is 2.80. The molecule has 3 nitrogen and oxygen atoms in total. The summed E-state index contributed by atoms with van der Waals surface area (Å²) in [6.07, 6.45) is 2.58. The summed E-state index contributed by atoms with van der Waals surface area (Å²) in [5.74, 6) is 3.97. The van der Waals surface area contributed by atoms with Gasteiger partial charge in [0.2, 0.25) is 0 Å². The Kier molecular flexibility index (Phi) is 8.24. The predicted molar refractivity (Wildman–Crippen MR) is 71.8 cm³/mol. The predicted octanol–water partition coefficient (Wildman–Crippen LogP) is 2.84. The van der Waals surface area contributed by atoms with Gasteiger partial charge in [-0.15, -0.1) is 0 Å². The lowest BCUT2D eigenvalue weighted by Crippen LogP contribution is -2.26. The molecule has 0 aliphatic carbocycles. The number of nitrogens with two attached hydrogens (primary N) is 2. The highest BCUT2D eigenvalue weighted by molar-refractivity contribution is 5.42. The molecule has 1 aromatic rings. The minimum atomic E-state index is -0.697. The van der Waals surface area contributed by atoms with Crippen molar-refractivity contribution in [2.24, 2.45) is 5.84 Å². The zero-order chi connectivity index (χ0) is 14.1. The molecule has 0 unspecified atom stereocenters. The second-order valence-corrected chi connectivity index (χ2v) is 3.89. The first-order chi connectivity index (χ1) is 8.50. The molecule has 5 heteroatoms. The number of halogens is 2. The molecule has 1 heterocycles. The molecule has 0 aromatic heterocycles. The summed E-state index contributed by atoms with van der Waals surface area (Å²) in [6, 6.07) is 2.39. The van der Waals surface area contributed by atoms with Gasteiger partial charge in [-0.05, 0) is 37.5 Å². The van der Waals surface area contributed by atoms with Gasteiger partial charge in [-0.3, -0.25) is 5.84 Å². The third-order valence-corrected chi connectivity index (χ3v) is 2.36. The van der Waals surface area contributed by atoms with E-state index in [-0.39, 0.29) is 0 Å². The van der Waals surface area contributed by atoms with Crippen LogP contribution >= 0.6 is 0 Å². The van der Waals surface area contributed by atoms with Crippen molar-refractivity contribution in [2.45, 2.75) is 33.6 Å². The van der Waals surface area contributed by atoms with Crippen molar-refractivity contribution in [1.82, 2.24) is 5.01 Å². The number of benzene rings is 1. The maximum atomic E-state index is 12.5. The molecular formula is C13H23F2N3. The summed E-state index contributed by atoms with van der Waals surface area (Å²) in [4.78, 5) is 0. The second kappa shape index (κ2) is 8.83. The Bertz CT molecular complexity index is 327. The Morgan fingerprint density at radius 3 is 1.72 bits per heavy atom. The smallest absolute Gasteiger partial charge is 0.149 e. The molecule has 1 aliphatic rings. The number of nitrogen functional groups attached to an aromatic ring is 1. The van der Waals surface area contributed by atoms with Crippen molar-refractivity contribution in [3.8, 4) is 0 Å². The van der Waals surface area contributed by atoms with Gasteiger partial charge in [0.1, 0.15) is 17.3 Å². The van der Waals surface area contributed by atoms with E-state index in [0.717, 1.165) is 13.1 Å². The van der Waals surface area contributed by atoms with Crippen LogP contribution in [0.2, 0.25) is 0 Å². The number of nitrogens with zero attached hydrogens (tertiary/aromatic N) is 1. The first-order valence-corrected chi connectivity index (χ1v) is 6.21. The van der Waals surface area contributed by atoms with Gasteiger partial charge in [-0.1, -0.05) is 13.8 Å². The second-order valence-electron chi connectivity index (χ2n) is 3.89. The van der Waals surface area contributed by atoms with Crippen LogP contribution in [0.3, 0.4) is 0 Å². The molecule has 2 rings (SSSR count). The Balaban J connectivity index is 0.000000308. The normalized spacial score (nSPS) is 14.3. The van der Waals surface area contributed by atoms with Gasteiger partial charge in [0.05, 0.1) is 0 Å². The molecule has 18 heavy (non-hydrogen) atoms. The fourth-order valence-corrected chi connectivity index (χ4v) is 1.45. The van der Waals surface area contributed by atoms with Crippen LogP contribution in [0.5, 0.6) is 0 Å². The molecule has 1 fully saturated rings. The maximum Gasteiger partial charge on any atom is 0.149 e. The lowest BCUT2D eigenvalue weighted by atomic mass is 10.2. The third-order valence-electron chi connectivity index (χ3n) is 2.36. The number of anilines is 1. The molecule has 1 aromatic carbocycles. The largest absolute Gasteiger partial charge is 0.394 e. The van der Waals surface area contributed by atoms with E-state index >= 15 is 0 Å². The highest BCUT2D eigenvalue weighted by Gasteiger charge is 2.04. The van der Waals surface area contributed by atoms with Gasteiger partial charge in [-0.2, -0.15) is 0 Å². The monoisotopic (exact) mass is 259 g/mol. The summed E-state index contributed by atoms with van der Waals surface area (Å²) >= 11 is 0. The summed E-state index contributed by atoms with van der Waals surface area (Å²) in [5.41, 5.74) is 5.12. The van der Waals surface area contributed by atoms with Crippen molar-refractivity contribution < 1.29 is 8.78 Å². The topological polar surface area (TPSA) is 55.3 Å². The van der Waals surface area contributed by atoms with Gasteiger partial charge < -0.3 is 5.73 Å². The lowest BCUT2D eigenvalue weighted by molar-refractivity contribution is 0.355. The van der Waals surface area contributed by atoms with E-state index in [1.54, 1.807) is 6.92 Å². The Morgan fingerprint density at radius 2 is 1.44 bits per heavy atom. The SMILES string of the molecule is CC.Cc1cc(F)c(N)c(F)c1.NN1CCCC1. The van der Waals surface area contributed by atoms with Crippen molar-refractivity contribution >= 4 is 5.69 Å². The zero-order valence-corrected chi connectivity index (χ0v) is 11.3. The van der Waals surface area contributed by atoms with Gasteiger partial charge in [0.25, 0.3) is 0 Å². The van der Waals surface area contributed by atoms with E-state index < -0.39 is 17.3 Å². The molecule has 0 spiro atoms. The highest BCUT2D eigenvalue weighted by atomic mass is 19.1. The Hall–Kier alpha value is -1.20. The lowest BCUT2D eigenvalue weighted by Gasteiger charge is -2.01. The first-order valence-electron chi connectivity index (χ1n) is 6.21. The summed E-state index contributed by atoms with van der Waals surface area (Å²) < 4.78 is 25.0. The summed E-state index contributed by atoms with van der Waals surface area (Å²) in [7, 11) is 0. The number of hydrazine groups is 1. The first kappa shape index (κ1) is 16.8. The summed E-state index contributed by atoms with van der Waals surface area (Å²) in [6.45, 7) is 7.80. The molecule has 0 atom stereocenters. The fourth-order valence-electron chi connectivity index (χ4n) is 1.45. The number of hydrogen-bond acceptors (Lipinski definition) is 3. The molecule has 0 bridgehead atoms. The maximum absolute atomic E-state index is 12.5. The fraction of sp³-hybridized carbons (Fsp3) is 0.538. The molecule has 0 radical (unpaired) electrons. The standard InChI is InChI=1S/C7H7F2N.C4H10N2.C2H6/c1-4-2-5(8)7(10)6(9)3-4;5-6-3-1-2-4-6;1-2/h2-3H,10H2,1H3;1-5H2;1-2H3. The van der Waals surface area contributed by atoms with Crippen LogP contribution in [0.15, 0.2) is 12.1 Å². The van der Waals surface area contributed by atoms with Crippen molar-refractivity contribution in [3.63, 3.8) is 0 Å². The molecule has 1 aliphatic heterocycles.